The van der Waals surface area contributed by atoms with Crippen molar-refractivity contribution < 1.29 is 4.92 Å². The lowest BCUT2D eigenvalue weighted by Crippen LogP contribution is -1.89. The molecule has 13 heavy (non-hydrogen) atoms. The molecule has 1 aromatic heterocycles. The average Bonchev–Trinajstić information content (AvgIpc) is 2.17. The van der Waals surface area contributed by atoms with E-state index in [1.807, 2.05) is 0 Å². The van der Waals surface area contributed by atoms with Crippen LogP contribution in [-0.4, -0.2) is 15.1 Å². The van der Waals surface area contributed by atoms with E-state index in [9.17, 15) is 10.1 Å². The summed E-state index contributed by atoms with van der Waals surface area (Å²) in [4.78, 5) is 9.95. The van der Waals surface area contributed by atoms with Crippen LogP contribution in [0.1, 0.15) is 0 Å². The third-order valence-electron chi connectivity index (χ3n) is 1.71. The Kier molecular flexibility index (Phi) is 1.63. The molecule has 2 aromatic rings. The Hall–Kier alpha value is -2.04. The maximum atomic E-state index is 10.4. The van der Waals surface area contributed by atoms with Crippen LogP contribution < -0.4 is 0 Å². The average molecular weight is 175 g/mol. The summed E-state index contributed by atoms with van der Waals surface area (Å²) in [6.07, 6.45) is 1.55. The molecule has 0 saturated heterocycles. The zero-order valence-electron chi connectivity index (χ0n) is 6.54. The Balaban J connectivity index is 2.69. The molecule has 5 heteroatoms. The van der Waals surface area contributed by atoms with Crippen molar-refractivity contribution in [3.63, 3.8) is 0 Å². The number of hydrogen-bond acceptors (Lipinski definition) is 4. The molecular formula is C8H5N3O2. The number of rotatable bonds is 1. The van der Waals surface area contributed by atoms with Crippen LogP contribution in [0, 0.1) is 10.1 Å². The normalized spacial score (nSPS) is 10.2. The van der Waals surface area contributed by atoms with Crippen LogP contribution in [0.5, 0.6) is 0 Å². The van der Waals surface area contributed by atoms with Crippen molar-refractivity contribution in [3.8, 4) is 0 Å². The summed E-state index contributed by atoms with van der Waals surface area (Å²) in [5.41, 5.74) is 0.574. The summed E-state index contributed by atoms with van der Waals surface area (Å²) in [5, 5.41) is 18.7. The second-order valence-corrected chi connectivity index (χ2v) is 2.53. The fourth-order valence-electron chi connectivity index (χ4n) is 1.08. The lowest BCUT2D eigenvalue weighted by molar-refractivity contribution is -0.384. The highest BCUT2D eigenvalue weighted by molar-refractivity contribution is 5.79. The van der Waals surface area contributed by atoms with Crippen molar-refractivity contribution >= 4 is 16.6 Å². The number of aromatic nitrogens is 2. The third kappa shape index (κ3) is 1.31. The van der Waals surface area contributed by atoms with E-state index in [-0.39, 0.29) is 5.69 Å². The monoisotopic (exact) mass is 175 g/mol. The van der Waals surface area contributed by atoms with Gasteiger partial charge in [0.05, 0.1) is 16.6 Å². The van der Waals surface area contributed by atoms with Crippen molar-refractivity contribution in [1.29, 1.82) is 0 Å². The van der Waals surface area contributed by atoms with Crippen LogP contribution in [0.25, 0.3) is 10.9 Å². The molecule has 0 amide bonds. The summed E-state index contributed by atoms with van der Waals surface area (Å²) in [7, 11) is 0. The number of nitrogens with zero attached hydrogens (tertiary/aromatic N) is 3. The molecule has 5 nitrogen and oxygen atoms in total. The van der Waals surface area contributed by atoms with E-state index in [0.717, 1.165) is 5.39 Å². The predicted molar refractivity (Wildman–Crippen MR) is 46.2 cm³/mol. The molecular weight excluding hydrogens is 170 g/mol. The largest absolute Gasteiger partial charge is 0.271 e. The van der Waals surface area contributed by atoms with Crippen molar-refractivity contribution in [2.24, 2.45) is 0 Å². The Labute approximate surface area is 73.2 Å². The van der Waals surface area contributed by atoms with Crippen molar-refractivity contribution in [1.82, 2.24) is 10.2 Å². The van der Waals surface area contributed by atoms with Crippen LogP contribution in [0.2, 0.25) is 0 Å². The van der Waals surface area contributed by atoms with E-state index in [1.165, 1.54) is 12.1 Å². The highest BCUT2D eigenvalue weighted by Crippen LogP contribution is 2.17. The summed E-state index contributed by atoms with van der Waals surface area (Å²) < 4.78 is 0. The summed E-state index contributed by atoms with van der Waals surface area (Å²) >= 11 is 0. The number of hydrogen-bond donors (Lipinski definition) is 0. The predicted octanol–water partition coefficient (Wildman–Crippen LogP) is 1.54. The van der Waals surface area contributed by atoms with Gasteiger partial charge >= 0.3 is 0 Å². The molecule has 0 aliphatic heterocycles. The van der Waals surface area contributed by atoms with Gasteiger partial charge in [-0.25, -0.2) is 0 Å². The fraction of sp³-hybridized carbons (Fsp3) is 0. The lowest BCUT2D eigenvalue weighted by atomic mass is 10.2. The third-order valence-corrected chi connectivity index (χ3v) is 1.71. The van der Waals surface area contributed by atoms with Gasteiger partial charge in [0.15, 0.2) is 0 Å². The van der Waals surface area contributed by atoms with E-state index in [2.05, 4.69) is 10.2 Å². The zero-order valence-corrected chi connectivity index (χ0v) is 6.54. The van der Waals surface area contributed by atoms with Crippen LogP contribution >= 0.6 is 0 Å². The minimum atomic E-state index is -0.450. The minimum Gasteiger partial charge on any atom is -0.258 e. The maximum Gasteiger partial charge on any atom is 0.271 e. The van der Waals surface area contributed by atoms with Crippen LogP contribution in [-0.2, 0) is 0 Å². The van der Waals surface area contributed by atoms with Crippen molar-refractivity contribution in [2.45, 2.75) is 0 Å². The number of nitro benzene ring substituents is 1. The maximum absolute atomic E-state index is 10.4. The molecule has 1 aromatic carbocycles. The van der Waals surface area contributed by atoms with Gasteiger partial charge in [0.25, 0.3) is 5.69 Å². The van der Waals surface area contributed by atoms with E-state index >= 15 is 0 Å². The molecule has 0 radical (unpaired) electrons. The molecule has 0 atom stereocenters. The van der Waals surface area contributed by atoms with Gasteiger partial charge in [-0.2, -0.15) is 10.2 Å². The van der Waals surface area contributed by atoms with Gasteiger partial charge in [0.1, 0.15) is 0 Å². The van der Waals surface area contributed by atoms with Gasteiger partial charge in [0.2, 0.25) is 0 Å². The quantitative estimate of drug-likeness (QED) is 0.487. The first-order chi connectivity index (χ1) is 6.27. The molecule has 0 saturated carbocycles. The minimum absolute atomic E-state index is 0.0352. The molecule has 0 unspecified atom stereocenters. The number of benzene rings is 1. The van der Waals surface area contributed by atoms with Crippen LogP contribution in [0.15, 0.2) is 30.5 Å². The molecule has 0 bridgehead atoms. The van der Waals surface area contributed by atoms with E-state index in [0.29, 0.717) is 5.52 Å². The summed E-state index contributed by atoms with van der Waals surface area (Å²) in [6, 6.07) is 6.26. The Bertz CT molecular complexity index is 470. The van der Waals surface area contributed by atoms with Gasteiger partial charge in [-0.3, -0.25) is 10.1 Å². The standard InChI is InChI=1S/C8H5N3O2/c12-11(13)7-2-1-6-3-4-9-10-8(6)5-7/h1-5H. The van der Waals surface area contributed by atoms with Gasteiger partial charge in [-0.1, -0.05) is 0 Å². The molecule has 0 aliphatic rings. The van der Waals surface area contributed by atoms with E-state index < -0.39 is 4.92 Å². The van der Waals surface area contributed by atoms with E-state index in [4.69, 9.17) is 0 Å². The molecule has 0 aliphatic carbocycles. The Morgan fingerprint density at radius 3 is 2.92 bits per heavy atom. The number of nitro groups is 1. The van der Waals surface area contributed by atoms with Crippen LogP contribution in [0.3, 0.4) is 0 Å². The fourth-order valence-corrected chi connectivity index (χ4v) is 1.08. The molecule has 64 valence electrons. The summed E-state index contributed by atoms with van der Waals surface area (Å²) in [6.45, 7) is 0. The van der Waals surface area contributed by atoms with Crippen molar-refractivity contribution in [2.75, 3.05) is 0 Å². The smallest absolute Gasteiger partial charge is 0.258 e. The Morgan fingerprint density at radius 2 is 2.15 bits per heavy atom. The molecule has 0 N–H and O–H groups in total. The number of non-ortho nitro benzene ring substituents is 1. The van der Waals surface area contributed by atoms with Crippen LogP contribution in [0.4, 0.5) is 5.69 Å². The Morgan fingerprint density at radius 1 is 1.31 bits per heavy atom. The zero-order chi connectivity index (χ0) is 9.26. The van der Waals surface area contributed by atoms with Crippen molar-refractivity contribution in [3.05, 3.63) is 40.6 Å². The highest BCUT2D eigenvalue weighted by atomic mass is 16.6. The summed E-state index contributed by atoms with van der Waals surface area (Å²) in [5.74, 6) is 0. The topological polar surface area (TPSA) is 68.9 Å². The van der Waals surface area contributed by atoms with Gasteiger partial charge in [0, 0.05) is 17.5 Å². The van der Waals surface area contributed by atoms with Gasteiger partial charge in [-0.15, -0.1) is 0 Å². The van der Waals surface area contributed by atoms with Gasteiger partial charge < -0.3 is 0 Å². The molecule has 1 heterocycles. The first-order valence-electron chi connectivity index (χ1n) is 3.63. The van der Waals surface area contributed by atoms with Gasteiger partial charge in [-0.05, 0) is 12.1 Å². The highest BCUT2D eigenvalue weighted by Gasteiger charge is 2.05. The number of fused-ring (bicyclic) bond motifs is 1. The first-order valence-corrected chi connectivity index (χ1v) is 3.63. The lowest BCUT2D eigenvalue weighted by Gasteiger charge is -1.94. The second kappa shape index (κ2) is 2.78. The molecule has 2 rings (SSSR count). The SMILES string of the molecule is O=[N+]([O-])c1ccc2ccnnc2c1. The first kappa shape index (κ1) is 7.60. The second-order valence-electron chi connectivity index (χ2n) is 2.53. The molecule has 0 spiro atoms. The molecule has 0 fully saturated rings. The van der Waals surface area contributed by atoms with E-state index in [1.54, 1.807) is 18.3 Å².